The molecule has 0 aliphatic carbocycles. The second-order valence-corrected chi connectivity index (χ2v) is 5.60. The molecule has 0 bridgehead atoms. The van der Waals surface area contributed by atoms with Gasteiger partial charge in [-0.15, -0.1) is 0 Å². The number of fused-ring (bicyclic) bond motifs is 3. The molecule has 0 aromatic heterocycles. The molecule has 2 heterocycles. The highest BCUT2D eigenvalue weighted by atomic mass is 15.4. The smallest absolute Gasteiger partial charge is 0.0912 e. The highest BCUT2D eigenvalue weighted by Gasteiger charge is 2.52. The second-order valence-electron chi connectivity index (χ2n) is 5.60. The zero-order valence-corrected chi connectivity index (χ0v) is 10.6. The van der Waals surface area contributed by atoms with Crippen LogP contribution in [0.15, 0.2) is 18.2 Å². The van der Waals surface area contributed by atoms with Crippen LogP contribution in [-0.4, -0.2) is 31.7 Å². The third kappa shape index (κ3) is 1.01. The van der Waals surface area contributed by atoms with E-state index in [-0.39, 0.29) is 0 Å². The summed E-state index contributed by atoms with van der Waals surface area (Å²) in [6.45, 7) is 5.85. The number of rotatable bonds is 0. The number of hydrogen-bond acceptors (Lipinski definition) is 2. The fraction of sp³-hybridized carbons (Fsp3) is 0.571. The first-order chi connectivity index (χ1) is 7.55. The molecule has 1 saturated heterocycles. The Morgan fingerprint density at radius 1 is 1.31 bits per heavy atom. The van der Waals surface area contributed by atoms with Crippen LogP contribution >= 0.6 is 0 Å². The Labute approximate surface area is 97.9 Å². The highest BCUT2D eigenvalue weighted by Crippen LogP contribution is 2.51. The predicted molar refractivity (Wildman–Crippen MR) is 68.0 cm³/mol. The minimum atomic E-state index is 0.324. The third-order valence-electron chi connectivity index (χ3n) is 4.54. The minimum absolute atomic E-state index is 0.324. The fourth-order valence-corrected chi connectivity index (χ4v) is 3.85. The monoisotopic (exact) mass is 216 g/mol. The molecule has 0 spiro atoms. The Balaban J connectivity index is 2.23. The molecule has 2 atom stereocenters. The summed E-state index contributed by atoms with van der Waals surface area (Å²) in [5.41, 5.74) is 4.74. The van der Waals surface area contributed by atoms with Crippen LogP contribution in [0.3, 0.4) is 0 Å². The van der Waals surface area contributed by atoms with Crippen molar-refractivity contribution in [3.8, 4) is 0 Å². The zero-order chi connectivity index (χ0) is 11.5. The van der Waals surface area contributed by atoms with Gasteiger partial charge in [0.2, 0.25) is 0 Å². The van der Waals surface area contributed by atoms with Crippen molar-refractivity contribution < 1.29 is 0 Å². The molecule has 1 fully saturated rings. The molecule has 2 aliphatic rings. The van der Waals surface area contributed by atoms with E-state index in [4.69, 9.17) is 0 Å². The third-order valence-corrected chi connectivity index (χ3v) is 4.54. The maximum Gasteiger partial charge on any atom is 0.0912 e. The fourth-order valence-electron chi connectivity index (χ4n) is 3.85. The molecule has 2 nitrogen and oxygen atoms in total. The van der Waals surface area contributed by atoms with Crippen molar-refractivity contribution >= 4 is 5.69 Å². The summed E-state index contributed by atoms with van der Waals surface area (Å²) in [5.74, 6) is 0. The Kier molecular flexibility index (Phi) is 1.91. The molecule has 1 aromatic rings. The summed E-state index contributed by atoms with van der Waals surface area (Å²) >= 11 is 0. The van der Waals surface area contributed by atoms with Gasteiger partial charge in [-0.3, -0.25) is 4.90 Å². The van der Waals surface area contributed by atoms with Gasteiger partial charge in [0.25, 0.3) is 0 Å². The number of aryl methyl sites for hydroxylation is 1. The summed E-state index contributed by atoms with van der Waals surface area (Å²) in [7, 11) is 4.48. The van der Waals surface area contributed by atoms with Gasteiger partial charge >= 0.3 is 0 Å². The number of likely N-dealkylation sites (tertiary alicyclic amines) is 1. The first kappa shape index (κ1) is 10.2. The molecular formula is C14H20N2. The molecular weight excluding hydrogens is 196 g/mol. The van der Waals surface area contributed by atoms with Crippen LogP contribution in [0.25, 0.3) is 0 Å². The molecule has 1 aromatic carbocycles. The van der Waals surface area contributed by atoms with Crippen LogP contribution in [0, 0.1) is 6.92 Å². The van der Waals surface area contributed by atoms with E-state index in [0.29, 0.717) is 11.6 Å². The molecule has 16 heavy (non-hydrogen) atoms. The Hall–Kier alpha value is -1.02. The average Bonchev–Trinajstić information content (AvgIpc) is 2.65. The molecule has 86 valence electrons. The summed E-state index contributed by atoms with van der Waals surface area (Å²) in [6.07, 6.45) is 1.82. The molecule has 2 heteroatoms. The first-order valence-corrected chi connectivity index (χ1v) is 6.09. The Bertz CT molecular complexity index is 440. The molecule has 0 amide bonds. The number of anilines is 1. The van der Waals surface area contributed by atoms with E-state index in [1.165, 1.54) is 24.2 Å². The van der Waals surface area contributed by atoms with Gasteiger partial charge in [0.1, 0.15) is 0 Å². The molecule has 0 unspecified atom stereocenters. The van der Waals surface area contributed by atoms with Crippen LogP contribution in [0.1, 0.15) is 24.5 Å². The maximum atomic E-state index is 2.49. The summed E-state index contributed by atoms with van der Waals surface area (Å²) in [4.78, 5) is 4.96. The van der Waals surface area contributed by atoms with Gasteiger partial charge in [-0.1, -0.05) is 25.1 Å². The van der Waals surface area contributed by atoms with Crippen LogP contribution < -0.4 is 4.90 Å². The van der Waals surface area contributed by atoms with Gasteiger partial charge in [-0.05, 0) is 31.5 Å². The van der Waals surface area contributed by atoms with E-state index in [1.54, 1.807) is 5.56 Å². The van der Waals surface area contributed by atoms with Crippen LogP contribution in [0.4, 0.5) is 5.69 Å². The van der Waals surface area contributed by atoms with Crippen molar-refractivity contribution in [2.45, 2.75) is 31.8 Å². The maximum absolute atomic E-state index is 2.49. The normalized spacial score (nSPS) is 33.0. The molecule has 3 rings (SSSR count). The van der Waals surface area contributed by atoms with Gasteiger partial charge in [-0.2, -0.15) is 0 Å². The number of benzene rings is 1. The van der Waals surface area contributed by atoms with Crippen molar-refractivity contribution in [1.82, 2.24) is 4.90 Å². The van der Waals surface area contributed by atoms with E-state index in [1.807, 2.05) is 0 Å². The number of nitrogens with zero attached hydrogens (tertiary/aromatic N) is 2. The highest BCUT2D eigenvalue weighted by molar-refractivity contribution is 5.68. The van der Waals surface area contributed by atoms with E-state index in [9.17, 15) is 0 Å². The van der Waals surface area contributed by atoms with Crippen LogP contribution in [-0.2, 0) is 5.41 Å². The van der Waals surface area contributed by atoms with E-state index < -0.39 is 0 Å². The number of likely N-dealkylation sites (N-methyl/N-ethyl adjacent to an activating group) is 2. The lowest BCUT2D eigenvalue weighted by Gasteiger charge is -2.32. The summed E-state index contributed by atoms with van der Waals surface area (Å²) in [6, 6.07) is 6.74. The second kappa shape index (κ2) is 3.01. The van der Waals surface area contributed by atoms with Crippen LogP contribution in [0.2, 0.25) is 0 Å². The number of hydrogen-bond donors (Lipinski definition) is 0. The lowest BCUT2D eigenvalue weighted by Crippen LogP contribution is -2.45. The van der Waals surface area contributed by atoms with Gasteiger partial charge in [0, 0.05) is 24.7 Å². The van der Waals surface area contributed by atoms with Gasteiger partial charge < -0.3 is 4.90 Å². The van der Waals surface area contributed by atoms with Crippen LogP contribution in [0.5, 0.6) is 0 Å². The number of para-hydroxylation sites is 1. The van der Waals surface area contributed by atoms with E-state index >= 15 is 0 Å². The largest absolute Gasteiger partial charge is 0.358 e. The van der Waals surface area contributed by atoms with Gasteiger partial charge in [0.05, 0.1) is 6.17 Å². The van der Waals surface area contributed by atoms with Crippen molar-refractivity contribution in [2.75, 3.05) is 25.5 Å². The van der Waals surface area contributed by atoms with Crippen molar-refractivity contribution in [1.29, 1.82) is 0 Å². The summed E-state index contributed by atoms with van der Waals surface area (Å²) in [5, 5.41) is 0. The molecule has 0 N–H and O–H groups in total. The lowest BCUT2D eigenvalue weighted by atomic mass is 9.81. The van der Waals surface area contributed by atoms with Crippen molar-refractivity contribution in [2.24, 2.45) is 0 Å². The zero-order valence-electron chi connectivity index (χ0n) is 10.6. The first-order valence-electron chi connectivity index (χ1n) is 6.09. The molecule has 0 radical (unpaired) electrons. The van der Waals surface area contributed by atoms with Crippen molar-refractivity contribution in [3.63, 3.8) is 0 Å². The SMILES string of the molecule is Cc1cccc2c1N(C)[C@H]1N(C)CC[C@@]21C. The van der Waals surface area contributed by atoms with Gasteiger partial charge in [0.15, 0.2) is 0 Å². The average molecular weight is 216 g/mol. The summed E-state index contributed by atoms with van der Waals surface area (Å²) < 4.78 is 0. The Morgan fingerprint density at radius 2 is 2.06 bits per heavy atom. The standard InChI is InChI=1S/C14H20N2/c1-10-6-5-7-11-12(10)16(4)13-14(11,2)8-9-15(13)3/h5-7,13H,8-9H2,1-4H3/t13-,14+/m1/s1. The quantitative estimate of drug-likeness (QED) is 0.657. The molecule has 0 saturated carbocycles. The topological polar surface area (TPSA) is 6.48 Å². The minimum Gasteiger partial charge on any atom is -0.358 e. The predicted octanol–water partition coefficient (Wildman–Crippen LogP) is 2.36. The lowest BCUT2D eigenvalue weighted by molar-refractivity contribution is 0.268. The van der Waals surface area contributed by atoms with Crippen molar-refractivity contribution in [3.05, 3.63) is 29.3 Å². The van der Waals surface area contributed by atoms with E-state index in [0.717, 1.165) is 0 Å². The van der Waals surface area contributed by atoms with E-state index in [2.05, 4.69) is 55.9 Å². The Morgan fingerprint density at radius 3 is 2.81 bits per heavy atom. The van der Waals surface area contributed by atoms with Gasteiger partial charge in [-0.25, -0.2) is 0 Å². The molecule has 2 aliphatic heterocycles.